The molecule has 2 aromatic rings. The molecule has 5 nitrogen and oxygen atoms in total. The molecule has 0 amide bonds. The van der Waals surface area contributed by atoms with E-state index in [1.165, 1.54) is 7.11 Å². The van der Waals surface area contributed by atoms with Gasteiger partial charge in [0.15, 0.2) is 5.16 Å². The van der Waals surface area contributed by atoms with Crippen LogP contribution in [0.2, 0.25) is 5.15 Å². The number of rotatable bonds is 7. The van der Waals surface area contributed by atoms with Gasteiger partial charge in [-0.05, 0) is 31.0 Å². The average Bonchev–Trinajstić information content (AvgIpc) is 2.61. The zero-order valence-electron chi connectivity index (χ0n) is 13.9. The van der Waals surface area contributed by atoms with Gasteiger partial charge >= 0.3 is 5.97 Å². The first-order chi connectivity index (χ1) is 11.5. The molecule has 1 heterocycles. The van der Waals surface area contributed by atoms with Crippen molar-refractivity contribution < 1.29 is 9.53 Å². The number of esters is 1. The molecular formula is C17H20ClN3O2S. The van der Waals surface area contributed by atoms with Crippen LogP contribution in [-0.4, -0.2) is 28.8 Å². The molecule has 0 saturated carbocycles. The first-order valence-electron chi connectivity index (χ1n) is 7.63. The molecule has 0 atom stereocenters. The summed E-state index contributed by atoms with van der Waals surface area (Å²) in [5.74, 6) is 1.34. The monoisotopic (exact) mass is 365 g/mol. The molecule has 0 aliphatic rings. The predicted octanol–water partition coefficient (Wildman–Crippen LogP) is 4.34. The van der Waals surface area contributed by atoms with Gasteiger partial charge in [-0.3, -0.25) is 0 Å². The third kappa shape index (κ3) is 4.85. The molecule has 0 radical (unpaired) electrons. The van der Waals surface area contributed by atoms with Crippen LogP contribution in [0.4, 0.5) is 5.82 Å². The molecule has 1 N–H and O–H groups in total. The van der Waals surface area contributed by atoms with Crippen LogP contribution >= 0.6 is 23.4 Å². The Morgan fingerprint density at radius 3 is 2.62 bits per heavy atom. The summed E-state index contributed by atoms with van der Waals surface area (Å²) >= 11 is 7.78. The molecule has 0 saturated heterocycles. The van der Waals surface area contributed by atoms with Gasteiger partial charge in [0.1, 0.15) is 11.0 Å². The highest BCUT2D eigenvalue weighted by Crippen LogP contribution is 2.25. The summed E-state index contributed by atoms with van der Waals surface area (Å²) < 4.78 is 4.69. The Labute approximate surface area is 151 Å². The molecule has 24 heavy (non-hydrogen) atoms. The summed E-state index contributed by atoms with van der Waals surface area (Å²) in [5, 5.41) is 4.43. The maximum Gasteiger partial charge on any atom is 0.337 e. The molecule has 0 aliphatic carbocycles. The maximum atomic E-state index is 11.4. The zero-order valence-corrected chi connectivity index (χ0v) is 15.5. The first kappa shape index (κ1) is 18.5. The lowest BCUT2D eigenvalue weighted by Gasteiger charge is -2.11. The molecule has 7 heteroatoms. The number of nitrogens with one attached hydrogen (secondary N) is 1. The number of ether oxygens (including phenoxy) is 1. The van der Waals surface area contributed by atoms with Crippen LogP contribution < -0.4 is 5.32 Å². The van der Waals surface area contributed by atoms with Gasteiger partial charge in [0, 0.05) is 17.9 Å². The van der Waals surface area contributed by atoms with Crippen molar-refractivity contribution in [3.05, 3.63) is 46.1 Å². The van der Waals surface area contributed by atoms with E-state index < -0.39 is 0 Å². The fourth-order valence-electron chi connectivity index (χ4n) is 1.96. The summed E-state index contributed by atoms with van der Waals surface area (Å²) in [4.78, 5) is 20.3. The lowest BCUT2D eigenvalue weighted by molar-refractivity contribution is 0.0600. The summed E-state index contributed by atoms with van der Waals surface area (Å²) in [6.45, 7) is 4.58. The SMILES string of the molecule is CCCSc1nc(Cl)c(C)c(NCc2ccc(C(=O)OC)cc2)n1. The highest BCUT2D eigenvalue weighted by molar-refractivity contribution is 7.99. The van der Waals surface area contributed by atoms with Crippen molar-refractivity contribution in [2.24, 2.45) is 0 Å². The van der Waals surface area contributed by atoms with Crippen LogP contribution in [0.3, 0.4) is 0 Å². The van der Waals surface area contributed by atoms with Crippen LogP contribution in [0.1, 0.15) is 34.8 Å². The van der Waals surface area contributed by atoms with Crippen molar-refractivity contribution in [2.75, 3.05) is 18.2 Å². The van der Waals surface area contributed by atoms with E-state index >= 15 is 0 Å². The number of aromatic nitrogens is 2. The van der Waals surface area contributed by atoms with Gasteiger partial charge in [0.05, 0.1) is 12.7 Å². The number of anilines is 1. The Morgan fingerprint density at radius 2 is 2.00 bits per heavy atom. The van der Waals surface area contributed by atoms with Gasteiger partial charge in [-0.15, -0.1) is 0 Å². The number of benzene rings is 1. The smallest absolute Gasteiger partial charge is 0.337 e. The summed E-state index contributed by atoms with van der Waals surface area (Å²) in [6.07, 6.45) is 1.05. The fraction of sp³-hybridized carbons (Fsp3) is 0.353. The normalized spacial score (nSPS) is 10.5. The Bertz CT molecular complexity index is 708. The van der Waals surface area contributed by atoms with E-state index in [1.54, 1.807) is 23.9 Å². The van der Waals surface area contributed by atoms with Crippen LogP contribution in [0.15, 0.2) is 29.4 Å². The molecule has 2 rings (SSSR count). The van der Waals surface area contributed by atoms with Gasteiger partial charge in [-0.2, -0.15) is 0 Å². The highest BCUT2D eigenvalue weighted by atomic mass is 35.5. The van der Waals surface area contributed by atoms with E-state index in [9.17, 15) is 4.79 Å². The van der Waals surface area contributed by atoms with Crippen molar-refractivity contribution in [3.8, 4) is 0 Å². The van der Waals surface area contributed by atoms with Crippen molar-refractivity contribution >= 4 is 35.1 Å². The number of nitrogens with zero attached hydrogens (tertiary/aromatic N) is 2. The number of thioether (sulfide) groups is 1. The zero-order chi connectivity index (χ0) is 17.5. The quantitative estimate of drug-likeness (QED) is 0.341. The molecule has 0 aliphatic heterocycles. The van der Waals surface area contributed by atoms with Crippen LogP contribution in [0, 0.1) is 6.92 Å². The van der Waals surface area contributed by atoms with Crippen molar-refractivity contribution in [3.63, 3.8) is 0 Å². The molecule has 128 valence electrons. The van der Waals surface area contributed by atoms with E-state index in [0.29, 0.717) is 22.4 Å². The second-order valence-electron chi connectivity index (χ2n) is 5.16. The molecule has 1 aromatic carbocycles. The average molecular weight is 366 g/mol. The van der Waals surface area contributed by atoms with E-state index in [2.05, 4.69) is 22.2 Å². The Kier molecular flexibility index (Phi) is 6.87. The van der Waals surface area contributed by atoms with Crippen molar-refractivity contribution in [1.82, 2.24) is 9.97 Å². The Hall–Kier alpha value is -1.79. The number of methoxy groups -OCH3 is 1. The second-order valence-corrected chi connectivity index (χ2v) is 6.58. The number of carbonyl (C=O) groups excluding carboxylic acids is 1. The molecule has 0 spiro atoms. The Balaban J connectivity index is 2.08. The summed E-state index contributed by atoms with van der Waals surface area (Å²) in [6, 6.07) is 7.24. The Morgan fingerprint density at radius 1 is 1.29 bits per heavy atom. The maximum absolute atomic E-state index is 11.4. The lowest BCUT2D eigenvalue weighted by Crippen LogP contribution is -2.06. The summed E-state index contributed by atoms with van der Waals surface area (Å²) in [5.41, 5.74) is 2.38. The number of halogens is 1. The molecule has 0 bridgehead atoms. The van der Waals surface area contributed by atoms with Crippen LogP contribution in [-0.2, 0) is 11.3 Å². The second kappa shape index (κ2) is 8.89. The standard InChI is InChI=1S/C17H20ClN3O2S/c1-4-9-24-17-20-14(18)11(2)15(21-17)19-10-12-5-7-13(8-6-12)16(22)23-3/h5-8H,4,9-10H2,1-3H3,(H,19,20,21). The molecule has 0 unspecified atom stereocenters. The third-order valence-corrected chi connectivity index (χ3v) is 4.76. The van der Waals surface area contributed by atoms with E-state index in [0.717, 1.165) is 29.1 Å². The van der Waals surface area contributed by atoms with Gasteiger partial charge in [-0.25, -0.2) is 14.8 Å². The predicted molar refractivity (Wildman–Crippen MR) is 97.9 cm³/mol. The first-order valence-corrected chi connectivity index (χ1v) is 8.99. The van der Waals surface area contributed by atoms with Gasteiger partial charge < -0.3 is 10.1 Å². The van der Waals surface area contributed by atoms with E-state index in [4.69, 9.17) is 16.3 Å². The minimum atomic E-state index is -0.342. The molecular weight excluding hydrogens is 346 g/mol. The fourth-order valence-corrected chi connectivity index (χ4v) is 2.88. The summed E-state index contributed by atoms with van der Waals surface area (Å²) in [7, 11) is 1.37. The van der Waals surface area contributed by atoms with Crippen LogP contribution in [0.5, 0.6) is 0 Å². The number of carbonyl (C=O) groups is 1. The van der Waals surface area contributed by atoms with Gasteiger partial charge in [0.2, 0.25) is 0 Å². The number of hydrogen-bond donors (Lipinski definition) is 1. The van der Waals surface area contributed by atoms with Crippen LogP contribution in [0.25, 0.3) is 0 Å². The third-order valence-electron chi connectivity index (χ3n) is 3.34. The van der Waals surface area contributed by atoms with Gasteiger partial charge in [0.25, 0.3) is 0 Å². The highest BCUT2D eigenvalue weighted by Gasteiger charge is 2.10. The number of hydrogen-bond acceptors (Lipinski definition) is 6. The topological polar surface area (TPSA) is 64.1 Å². The van der Waals surface area contributed by atoms with Gasteiger partial charge in [-0.1, -0.05) is 42.4 Å². The minimum absolute atomic E-state index is 0.342. The largest absolute Gasteiger partial charge is 0.465 e. The van der Waals surface area contributed by atoms with E-state index in [1.807, 2.05) is 19.1 Å². The van der Waals surface area contributed by atoms with E-state index in [-0.39, 0.29) is 5.97 Å². The minimum Gasteiger partial charge on any atom is -0.465 e. The molecule has 0 fully saturated rings. The molecule has 1 aromatic heterocycles. The lowest BCUT2D eigenvalue weighted by atomic mass is 10.1. The van der Waals surface area contributed by atoms with Crippen molar-refractivity contribution in [2.45, 2.75) is 32.0 Å². The van der Waals surface area contributed by atoms with Crippen molar-refractivity contribution in [1.29, 1.82) is 0 Å².